The fraction of sp³-hybridized carbons (Fsp3) is 0.300. The molecule has 1 amide bonds. The number of methoxy groups -OCH3 is 1. The van der Waals surface area contributed by atoms with E-state index in [0.29, 0.717) is 30.1 Å². The molecule has 0 N–H and O–H groups in total. The van der Waals surface area contributed by atoms with Gasteiger partial charge in [0.25, 0.3) is 0 Å². The minimum Gasteiger partial charge on any atom is -0.497 e. The molecular weight excluding hydrogens is 358 g/mol. The second-order valence-electron chi connectivity index (χ2n) is 6.70. The molecule has 0 saturated carbocycles. The topological polar surface area (TPSA) is 82.2 Å². The van der Waals surface area contributed by atoms with Crippen LogP contribution in [-0.2, 0) is 7.05 Å². The fourth-order valence-electron chi connectivity index (χ4n) is 3.34. The lowest BCUT2D eigenvalue weighted by molar-refractivity contribution is 0.210. The van der Waals surface area contributed by atoms with Crippen molar-refractivity contribution in [3.05, 3.63) is 52.3 Å². The van der Waals surface area contributed by atoms with E-state index in [9.17, 15) is 9.59 Å². The lowest BCUT2D eigenvalue weighted by atomic mass is 10.2. The van der Waals surface area contributed by atoms with Crippen LogP contribution in [0.25, 0.3) is 23.3 Å². The van der Waals surface area contributed by atoms with Crippen molar-refractivity contribution in [2.45, 2.75) is 12.8 Å². The number of rotatable bonds is 3. The van der Waals surface area contributed by atoms with Gasteiger partial charge >= 0.3 is 11.7 Å². The third kappa shape index (κ3) is 3.17. The lowest BCUT2D eigenvalue weighted by Gasteiger charge is -2.14. The van der Waals surface area contributed by atoms with Crippen LogP contribution in [0.1, 0.15) is 24.2 Å². The Morgan fingerprint density at radius 1 is 1.21 bits per heavy atom. The number of likely N-dealkylation sites (tertiary alicyclic amines) is 1. The van der Waals surface area contributed by atoms with Crippen LogP contribution >= 0.6 is 0 Å². The predicted molar refractivity (Wildman–Crippen MR) is 106 cm³/mol. The largest absolute Gasteiger partial charge is 0.497 e. The first-order valence-electron chi connectivity index (χ1n) is 9.14. The number of imidazole rings is 1. The van der Waals surface area contributed by atoms with Gasteiger partial charge in [-0.2, -0.15) is 4.57 Å². The molecule has 28 heavy (non-hydrogen) atoms. The van der Waals surface area contributed by atoms with Crippen LogP contribution in [0.4, 0.5) is 4.79 Å². The molecular formula is C20H21N5O3. The zero-order valence-electron chi connectivity index (χ0n) is 15.8. The summed E-state index contributed by atoms with van der Waals surface area (Å²) < 4.78 is 7.77. The molecule has 0 unspecified atom stereocenters. The average molecular weight is 379 g/mol. The SMILES string of the molecule is COc1cccc(/C=C/c2ncc3c(n2)n(C(=O)N2CCCC2)c(=O)n3C)c1. The van der Waals surface area contributed by atoms with Crippen molar-refractivity contribution in [1.82, 2.24) is 24.0 Å². The van der Waals surface area contributed by atoms with Crippen LogP contribution in [0, 0.1) is 0 Å². The molecule has 1 aliphatic rings. The molecule has 0 radical (unpaired) electrons. The second kappa shape index (κ2) is 7.30. The number of hydrogen-bond donors (Lipinski definition) is 0. The summed E-state index contributed by atoms with van der Waals surface area (Å²) in [6.07, 6.45) is 7.08. The number of benzene rings is 1. The van der Waals surface area contributed by atoms with E-state index in [4.69, 9.17) is 4.74 Å². The Balaban J connectivity index is 1.73. The smallest absolute Gasteiger partial charge is 0.338 e. The molecule has 0 atom stereocenters. The highest BCUT2D eigenvalue weighted by Crippen LogP contribution is 2.16. The first kappa shape index (κ1) is 18.0. The van der Waals surface area contributed by atoms with E-state index < -0.39 is 5.69 Å². The zero-order chi connectivity index (χ0) is 19.7. The van der Waals surface area contributed by atoms with Crippen molar-refractivity contribution >= 4 is 29.3 Å². The number of aryl methyl sites for hydroxylation is 1. The van der Waals surface area contributed by atoms with Gasteiger partial charge in [-0.3, -0.25) is 4.57 Å². The van der Waals surface area contributed by atoms with Gasteiger partial charge in [0.15, 0.2) is 11.5 Å². The van der Waals surface area contributed by atoms with E-state index in [1.54, 1.807) is 31.3 Å². The standard InChI is InChI=1S/C20H21N5O3/c1-23-16-13-21-17(9-8-14-6-5-7-15(12-14)28-2)22-18(16)25(19(23)26)20(27)24-10-3-4-11-24/h5-9,12-13H,3-4,10-11H2,1-2H3/b9-8+. The lowest BCUT2D eigenvalue weighted by Crippen LogP contribution is -2.38. The van der Waals surface area contributed by atoms with Crippen LogP contribution in [-0.4, -0.2) is 50.2 Å². The molecule has 1 saturated heterocycles. The van der Waals surface area contributed by atoms with E-state index in [2.05, 4.69) is 9.97 Å². The van der Waals surface area contributed by atoms with E-state index >= 15 is 0 Å². The summed E-state index contributed by atoms with van der Waals surface area (Å²) in [5.74, 6) is 1.18. The number of nitrogens with zero attached hydrogens (tertiary/aromatic N) is 5. The van der Waals surface area contributed by atoms with E-state index in [1.165, 1.54) is 4.57 Å². The van der Waals surface area contributed by atoms with Crippen LogP contribution in [0.3, 0.4) is 0 Å². The van der Waals surface area contributed by atoms with Gasteiger partial charge in [-0.15, -0.1) is 0 Å². The van der Waals surface area contributed by atoms with Crippen LogP contribution < -0.4 is 10.4 Å². The molecule has 0 spiro atoms. The molecule has 8 heteroatoms. The monoisotopic (exact) mass is 379 g/mol. The summed E-state index contributed by atoms with van der Waals surface area (Å²) >= 11 is 0. The highest BCUT2D eigenvalue weighted by Gasteiger charge is 2.25. The molecule has 3 heterocycles. The molecule has 3 aromatic rings. The minimum atomic E-state index is -0.407. The third-order valence-corrected chi connectivity index (χ3v) is 4.91. The zero-order valence-corrected chi connectivity index (χ0v) is 15.8. The highest BCUT2D eigenvalue weighted by molar-refractivity contribution is 5.87. The molecule has 1 fully saturated rings. The van der Waals surface area contributed by atoms with Gasteiger partial charge in [-0.25, -0.2) is 19.6 Å². The maximum absolute atomic E-state index is 12.8. The summed E-state index contributed by atoms with van der Waals surface area (Å²) in [5.41, 5.74) is 1.37. The Kier molecular flexibility index (Phi) is 4.68. The van der Waals surface area contributed by atoms with Gasteiger partial charge in [-0.05, 0) is 36.6 Å². The van der Waals surface area contributed by atoms with Crippen LogP contribution in [0.5, 0.6) is 5.75 Å². The van der Waals surface area contributed by atoms with Crippen molar-refractivity contribution in [1.29, 1.82) is 0 Å². The van der Waals surface area contributed by atoms with Gasteiger partial charge in [0.05, 0.1) is 13.3 Å². The second-order valence-corrected chi connectivity index (χ2v) is 6.70. The molecule has 1 aliphatic heterocycles. The maximum Gasteiger partial charge on any atom is 0.338 e. The number of hydrogen-bond acceptors (Lipinski definition) is 5. The number of fused-ring (bicyclic) bond motifs is 1. The van der Waals surface area contributed by atoms with Crippen molar-refractivity contribution < 1.29 is 9.53 Å². The van der Waals surface area contributed by atoms with E-state index in [-0.39, 0.29) is 6.03 Å². The first-order chi connectivity index (χ1) is 13.6. The number of carbonyl (C=O) groups excluding carboxylic acids is 1. The number of amides is 1. The Bertz CT molecular complexity index is 1120. The predicted octanol–water partition coefficient (Wildman–Crippen LogP) is 2.37. The molecule has 0 bridgehead atoms. The van der Waals surface area contributed by atoms with Gasteiger partial charge in [0, 0.05) is 20.1 Å². The quantitative estimate of drug-likeness (QED) is 0.698. The molecule has 2 aromatic heterocycles. The summed E-state index contributed by atoms with van der Waals surface area (Å²) in [7, 11) is 3.24. The van der Waals surface area contributed by atoms with Crippen LogP contribution in [0.2, 0.25) is 0 Å². The van der Waals surface area contributed by atoms with Gasteiger partial charge in [0.1, 0.15) is 11.3 Å². The van der Waals surface area contributed by atoms with Gasteiger partial charge in [0.2, 0.25) is 0 Å². The fourth-order valence-corrected chi connectivity index (χ4v) is 3.34. The van der Waals surface area contributed by atoms with Crippen LogP contribution in [0.15, 0.2) is 35.3 Å². The third-order valence-electron chi connectivity index (χ3n) is 4.91. The minimum absolute atomic E-state index is 0.324. The Morgan fingerprint density at radius 3 is 2.75 bits per heavy atom. The summed E-state index contributed by atoms with van der Waals surface area (Å²) in [6.45, 7) is 1.32. The Hall–Kier alpha value is -3.42. The number of carbonyl (C=O) groups is 1. The van der Waals surface area contributed by atoms with Crippen molar-refractivity contribution in [2.75, 3.05) is 20.2 Å². The van der Waals surface area contributed by atoms with Crippen molar-refractivity contribution in [2.24, 2.45) is 7.05 Å². The Morgan fingerprint density at radius 2 is 2.00 bits per heavy atom. The average Bonchev–Trinajstić information content (AvgIpc) is 3.34. The molecule has 1 aromatic carbocycles. The van der Waals surface area contributed by atoms with Crippen molar-refractivity contribution in [3.63, 3.8) is 0 Å². The maximum atomic E-state index is 12.8. The first-order valence-corrected chi connectivity index (χ1v) is 9.14. The molecule has 0 aliphatic carbocycles. The number of ether oxygens (including phenoxy) is 1. The van der Waals surface area contributed by atoms with Gasteiger partial charge < -0.3 is 9.64 Å². The normalized spacial score (nSPS) is 14.3. The van der Waals surface area contributed by atoms with Crippen molar-refractivity contribution in [3.8, 4) is 5.75 Å². The van der Waals surface area contributed by atoms with E-state index in [0.717, 1.165) is 28.7 Å². The Labute approximate surface area is 161 Å². The number of aromatic nitrogens is 4. The van der Waals surface area contributed by atoms with E-state index in [1.807, 2.05) is 30.3 Å². The molecule has 8 nitrogen and oxygen atoms in total. The molecule has 4 rings (SSSR count). The summed E-state index contributed by atoms with van der Waals surface area (Å²) in [6, 6.07) is 7.27. The summed E-state index contributed by atoms with van der Waals surface area (Å²) in [4.78, 5) is 35.9. The molecule has 144 valence electrons. The highest BCUT2D eigenvalue weighted by atomic mass is 16.5. The van der Waals surface area contributed by atoms with Gasteiger partial charge in [-0.1, -0.05) is 18.2 Å². The summed E-state index contributed by atoms with van der Waals surface area (Å²) in [5, 5.41) is 0.